The summed E-state index contributed by atoms with van der Waals surface area (Å²) in [5, 5.41) is 9.37. The Hall–Kier alpha value is -2.80. The maximum atomic E-state index is 11.6. The van der Waals surface area contributed by atoms with E-state index in [1.54, 1.807) is 20.4 Å². The summed E-state index contributed by atoms with van der Waals surface area (Å²) < 4.78 is 5.67. The summed E-state index contributed by atoms with van der Waals surface area (Å²) >= 11 is 0. The fourth-order valence-corrected chi connectivity index (χ4v) is 3.46. The number of nitrogens with one attached hydrogen (secondary N) is 3. The first-order chi connectivity index (χ1) is 13.7. The van der Waals surface area contributed by atoms with E-state index in [1.165, 1.54) is 12.8 Å². The van der Waals surface area contributed by atoms with Gasteiger partial charge in [-0.2, -0.15) is 0 Å². The van der Waals surface area contributed by atoms with Crippen LogP contribution in [0.2, 0.25) is 0 Å². The monoisotopic (exact) mass is 383 g/mol. The van der Waals surface area contributed by atoms with Crippen molar-refractivity contribution in [3.05, 3.63) is 59.5 Å². The van der Waals surface area contributed by atoms with Crippen LogP contribution in [0.25, 0.3) is 0 Å². The number of nitrogens with zero attached hydrogens (tertiary/aromatic N) is 2. The minimum Gasteiger partial charge on any atom is -0.468 e. The largest absolute Gasteiger partial charge is 0.468 e. The summed E-state index contributed by atoms with van der Waals surface area (Å²) in [6, 6.07) is 11.7. The molecule has 1 fully saturated rings. The first-order valence-electron chi connectivity index (χ1n) is 9.74. The van der Waals surface area contributed by atoms with Crippen molar-refractivity contribution in [2.45, 2.75) is 25.4 Å². The van der Waals surface area contributed by atoms with E-state index in [4.69, 9.17) is 4.42 Å². The summed E-state index contributed by atoms with van der Waals surface area (Å²) in [5.41, 5.74) is 1.73. The van der Waals surface area contributed by atoms with Crippen LogP contribution in [0.5, 0.6) is 0 Å². The second-order valence-corrected chi connectivity index (χ2v) is 6.86. The Kier molecular flexibility index (Phi) is 7.08. The molecule has 2 heterocycles. The highest BCUT2D eigenvalue weighted by Crippen LogP contribution is 2.24. The van der Waals surface area contributed by atoms with Crippen LogP contribution in [0, 0.1) is 0 Å². The fourth-order valence-electron chi connectivity index (χ4n) is 3.46. The number of likely N-dealkylation sites (tertiary alicyclic amines) is 1. The Morgan fingerprint density at radius 3 is 2.54 bits per heavy atom. The molecule has 1 aliphatic heterocycles. The number of aliphatic imine (C=N–C) groups is 1. The topological polar surface area (TPSA) is 81.9 Å². The molecule has 2 aromatic rings. The van der Waals surface area contributed by atoms with E-state index in [2.05, 4.69) is 25.8 Å². The smallest absolute Gasteiger partial charge is 0.251 e. The van der Waals surface area contributed by atoms with Gasteiger partial charge in [-0.1, -0.05) is 12.1 Å². The molecular formula is C21H29N5O2. The lowest BCUT2D eigenvalue weighted by atomic mass is 10.1. The van der Waals surface area contributed by atoms with Gasteiger partial charge in [0.15, 0.2) is 5.96 Å². The van der Waals surface area contributed by atoms with Crippen molar-refractivity contribution in [1.82, 2.24) is 20.9 Å². The molecule has 1 unspecified atom stereocenters. The molecule has 0 bridgehead atoms. The van der Waals surface area contributed by atoms with E-state index in [-0.39, 0.29) is 11.9 Å². The van der Waals surface area contributed by atoms with Crippen LogP contribution in [-0.2, 0) is 6.54 Å². The van der Waals surface area contributed by atoms with Crippen LogP contribution < -0.4 is 16.0 Å². The number of rotatable bonds is 7. The van der Waals surface area contributed by atoms with E-state index in [9.17, 15) is 4.79 Å². The summed E-state index contributed by atoms with van der Waals surface area (Å²) in [7, 11) is 3.40. The van der Waals surface area contributed by atoms with Gasteiger partial charge >= 0.3 is 0 Å². The Morgan fingerprint density at radius 1 is 1.18 bits per heavy atom. The minimum absolute atomic E-state index is 0.0807. The van der Waals surface area contributed by atoms with Crippen LogP contribution >= 0.6 is 0 Å². The molecule has 7 heteroatoms. The molecule has 0 saturated carbocycles. The fraction of sp³-hybridized carbons (Fsp3) is 0.429. The van der Waals surface area contributed by atoms with Gasteiger partial charge in [-0.25, -0.2) is 0 Å². The van der Waals surface area contributed by atoms with E-state index in [0.717, 1.165) is 36.9 Å². The second-order valence-electron chi connectivity index (χ2n) is 6.86. The van der Waals surface area contributed by atoms with Crippen molar-refractivity contribution >= 4 is 11.9 Å². The number of hydrogen-bond acceptors (Lipinski definition) is 4. The zero-order chi connectivity index (χ0) is 19.8. The minimum atomic E-state index is -0.0807. The number of guanidine groups is 1. The van der Waals surface area contributed by atoms with Gasteiger partial charge < -0.3 is 20.4 Å². The van der Waals surface area contributed by atoms with E-state index in [0.29, 0.717) is 12.1 Å². The maximum absolute atomic E-state index is 11.6. The first kappa shape index (κ1) is 19.9. The lowest BCUT2D eigenvalue weighted by Gasteiger charge is -2.26. The standard InChI is InChI=1S/C21H29N5O2/c1-22-20(27)17-9-7-16(8-10-17)14-24-21(23-2)25-15-18(19-6-5-13-28-19)26-11-3-4-12-26/h5-10,13,18H,3-4,11-12,14-15H2,1-2H3,(H,22,27)(H2,23,24,25). The number of benzene rings is 1. The lowest BCUT2D eigenvalue weighted by Crippen LogP contribution is -2.42. The van der Waals surface area contributed by atoms with Crippen LogP contribution in [0.4, 0.5) is 0 Å². The normalized spacial score (nSPS) is 16.0. The van der Waals surface area contributed by atoms with Crippen molar-refractivity contribution in [3.8, 4) is 0 Å². The maximum Gasteiger partial charge on any atom is 0.251 e. The Morgan fingerprint density at radius 2 is 1.93 bits per heavy atom. The SMILES string of the molecule is CN=C(NCc1ccc(C(=O)NC)cc1)NCC(c1ccco1)N1CCCC1. The van der Waals surface area contributed by atoms with Crippen molar-refractivity contribution in [1.29, 1.82) is 0 Å². The number of carbonyl (C=O) groups excluding carboxylic acids is 1. The number of furan rings is 1. The molecule has 1 atom stereocenters. The highest BCUT2D eigenvalue weighted by Gasteiger charge is 2.25. The van der Waals surface area contributed by atoms with Crippen molar-refractivity contribution in [2.24, 2.45) is 4.99 Å². The molecule has 7 nitrogen and oxygen atoms in total. The molecule has 0 spiro atoms. The third-order valence-electron chi connectivity index (χ3n) is 5.04. The molecule has 3 N–H and O–H groups in total. The molecule has 3 rings (SSSR count). The quantitative estimate of drug-likeness (QED) is 0.504. The second kappa shape index (κ2) is 9.94. The van der Waals surface area contributed by atoms with Crippen LogP contribution in [0.15, 0.2) is 52.1 Å². The molecule has 1 aromatic carbocycles. The molecule has 0 aliphatic carbocycles. The zero-order valence-electron chi connectivity index (χ0n) is 16.6. The Balaban J connectivity index is 1.54. The molecule has 1 saturated heterocycles. The number of amides is 1. The number of hydrogen-bond donors (Lipinski definition) is 3. The van der Waals surface area contributed by atoms with Gasteiger partial charge in [0.2, 0.25) is 0 Å². The Bertz CT molecular complexity index is 765. The predicted octanol–water partition coefficient (Wildman–Crippen LogP) is 2.14. The third-order valence-corrected chi connectivity index (χ3v) is 5.04. The molecule has 150 valence electrons. The molecular weight excluding hydrogens is 354 g/mol. The highest BCUT2D eigenvalue weighted by atomic mass is 16.3. The van der Waals surface area contributed by atoms with Gasteiger partial charge in [-0.15, -0.1) is 0 Å². The summed E-state index contributed by atoms with van der Waals surface area (Å²) in [6.45, 7) is 3.54. The predicted molar refractivity (Wildman–Crippen MR) is 110 cm³/mol. The summed E-state index contributed by atoms with van der Waals surface area (Å²) in [4.78, 5) is 18.4. The van der Waals surface area contributed by atoms with Crippen LogP contribution in [0.1, 0.15) is 40.6 Å². The van der Waals surface area contributed by atoms with Gasteiger partial charge in [-0.3, -0.25) is 14.7 Å². The lowest BCUT2D eigenvalue weighted by molar-refractivity contribution is 0.0963. The zero-order valence-corrected chi connectivity index (χ0v) is 16.6. The summed E-state index contributed by atoms with van der Waals surface area (Å²) in [6.07, 6.45) is 4.19. The molecule has 1 amide bonds. The van der Waals surface area contributed by atoms with Gasteiger partial charge in [0, 0.05) is 32.7 Å². The van der Waals surface area contributed by atoms with E-state index >= 15 is 0 Å². The van der Waals surface area contributed by atoms with Crippen LogP contribution in [-0.4, -0.2) is 50.5 Å². The third kappa shape index (κ3) is 5.13. The van der Waals surface area contributed by atoms with Crippen molar-refractivity contribution in [2.75, 3.05) is 33.7 Å². The average Bonchev–Trinajstić information content (AvgIpc) is 3.45. The van der Waals surface area contributed by atoms with Gasteiger partial charge in [0.05, 0.1) is 12.3 Å². The number of carbonyl (C=O) groups is 1. The van der Waals surface area contributed by atoms with Gasteiger partial charge in [-0.05, 0) is 55.8 Å². The first-order valence-corrected chi connectivity index (χ1v) is 9.74. The molecule has 1 aliphatic rings. The van der Waals surface area contributed by atoms with Crippen LogP contribution in [0.3, 0.4) is 0 Å². The van der Waals surface area contributed by atoms with Crippen molar-refractivity contribution in [3.63, 3.8) is 0 Å². The van der Waals surface area contributed by atoms with Crippen molar-refractivity contribution < 1.29 is 9.21 Å². The highest BCUT2D eigenvalue weighted by molar-refractivity contribution is 5.93. The van der Waals surface area contributed by atoms with Gasteiger partial charge in [0.25, 0.3) is 5.91 Å². The summed E-state index contributed by atoms with van der Waals surface area (Å²) in [5.74, 6) is 1.64. The average molecular weight is 383 g/mol. The molecule has 0 radical (unpaired) electrons. The Labute approximate surface area is 166 Å². The molecule has 1 aromatic heterocycles. The van der Waals surface area contributed by atoms with E-state index < -0.39 is 0 Å². The molecule has 28 heavy (non-hydrogen) atoms. The van der Waals surface area contributed by atoms with E-state index in [1.807, 2.05) is 36.4 Å². The van der Waals surface area contributed by atoms with Gasteiger partial charge in [0.1, 0.15) is 5.76 Å².